The van der Waals surface area contributed by atoms with Crippen molar-refractivity contribution in [1.29, 1.82) is 0 Å². The van der Waals surface area contributed by atoms with Gasteiger partial charge in [0.05, 0.1) is 0 Å². The lowest BCUT2D eigenvalue weighted by atomic mass is 10.3. The van der Waals surface area contributed by atoms with Crippen molar-refractivity contribution in [2.24, 2.45) is 0 Å². The Morgan fingerprint density at radius 2 is 1.89 bits per heavy atom. The van der Waals surface area contributed by atoms with Crippen LogP contribution in [-0.4, -0.2) is 56.5 Å². The molecule has 2 atom stereocenters. The second-order valence-electron chi connectivity index (χ2n) is 4.58. The van der Waals surface area contributed by atoms with E-state index >= 15 is 0 Å². The predicted molar refractivity (Wildman–Crippen MR) is 74.8 cm³/mol. The minimum Gasteiger partial charge on any atom is -0.377 e. The van der Waals surface area contributed by atoms with E-state index in [4.69, 9.17) is 9.47 Å². The Labute approximate surface area is 114 Å². The van der Waals surface area contributed by atoms with E-state index < -0.39 is 0 Å². The van der Waals surface area contributed by atoms with Crippen molar-refractivity contribution in [2.45, 2.75) is 25.6 Å². The second-order valence-corrected chi connectivity index (χ2v) is 4.58. The number of ether oxygens (including phenoxy) is 2. The smallest absolute Gasteiger partial charge is 0.134 e. The number of aromatic nitrogens is 2. The van der Waals surface area contributed by atoms with Crippen LogP contribution in [0.3, 0.4) is 0 Å². The van der Waals surface area contributed by atoms with Crippen molar-refractivity contribution in [3.05, 3.63) is 11.9 Å². The van der Waals surface area contributed by atoms with E-state index in [1.807, 2.05) is 13.1 Å². The Hall–Kier alpha value is -1.40. The van der Waals surface area contributed by atoms with Gasteiger partial charge in [-0.2, -0.15) is 0 Å². The van der Waals surface area contributed by atoms with Gasteiger partial charge >= 0.3 is 0 Å². The molecule has 0 bridgehead atoms. The highest BCUT2D eigenvalue weighted by Gasteiger charge is 2.33. The molecular weight excluding hydrogens is 244 g/mol. The molecule has 1 aliphatic heterocycles. The first-order chi connectivity index (χ1) is 9.21. The van der Waals surface area contributed by atoms with E-state index in [2.05, 4.69) is 27.1 Å². The molecule has 6 nitrogen and oxygen atoms in total. The maximum absolute atomic E-state index is 5.45. The number of rotatable bonds is 5. The summed E-state index contributed by atoms with van der Waals surface area (Å²) in [6, 6.07) is 1.96. The zero-order valence-corrected chi connectivity index (χ0v) is 12.0. The second kappa shape index (κ2) is 6.16. The van der Waals surface area contributed by atoms with Crippen molar-refractivity contribution >= 4 is 11.6 Å². The molecule has 0 aliphatic carbocycles. The Morgan fingerprint density at radius 1 is 1.26 bits per heavy atom. The lowest BCUT2D eigenvalue weighted by molar-refractivity contribution is -0.00461. The van der Waals surface area contributed by atoms with Gasteiger partial charge in [0.1, 0.15) is 29.7 Å². The van der Waals surface area contributed by atoms with Crippen LogP contribution >= 0.6 is 0 Å². The molecule has 1 saturated heterocycles. The molecule has 1 N–H and O–H groups in total. The standard InChI is InChI=1S/C13H22N4O2/c1-5-11-15-12(14-2)6-13(16-11)17-7-9(18-3)10(8-17)19-4/h6,9-10H,5,7-8H2,1-4H3,(H,14,15,16). The Bertz CT molecular complexity index is 393. The van der Waals surface area contributed by atoms with Gasteiger partial charge in [-0.25, -0.2) is 9.97 Å². The van der Waals surface area contributed by atoms with E-state index in [1.54, 1.807) is 14.2 Å². The molecule has 1 aromatic heterocycles. The highest BCUT2D eigenvalue weighted by molar-refractivity contribution is 5.50. The molecule has 1 aromatic rings. The van der Waals surface area contributed by atoms with Crippen LogP contribution in [0, 0.1) is 0 Å². The van der Waals surface area contributed by atoms with Gasteiger partial charge < -0.3 is 19.7 Å². The highest BCUT2D eigenvalue weighted by atomic mass is 16.5. The first-order valence-corrected chi connectivity index (χ1v) is 6.58. The van der Waals surface area contributed by atoms with Gasteiger partial charge in [0, 0.05) is 46.8 Å². The van der Waals surface area contributed by atoms with Gasteiger partial charge in [-0.05, 0) is 0 Å². The largest absolute Gasteiger partial charge is 0.377 e. The molecule has 0 amide bonds. The molecule has 1 aliphatic rings. The Balaban J connectivity index is 2.22. The van der Waals surface area contributed by atoms with Gasteiger partial charge in [-0.15, -0.1) is 0 Å². The fraction of sp³-hybridized carbons (Fsp3) is 0.692. The van der Waals surface area contributed by atoms with Crippen LogP contribution in [0.5, 0.6) is 0 Å². The molecule has 2 unspecified atom stereocenters. The summed E-state index contributed by atoms with van der Waals surface area (Å²) in [7, 11) is 5.30. The number of aryl methyl sites for hydroxylation is 1. The molecule has 0 radical (unpaired) electrons. The molecule has 6 heteroatoms. The van der Waals surface area contributed by atoms with Crippen LogP contribution in [0.15, 0.2) is 6.07 Å². The normalized spacial score (nSPS) is 22.8. The number of methoxy groups -OCH3 is 2. The van der Waals surface area contributed by atoms with E-state index in [0.717, 1.165) is 37.0 Å². The average Bonchev–Trinajstić information content (AvgIpc) is 2.89. The minimum atomic E-state index is 0.0862. The molecule has 0 spiro atoms. The lowest BCUT2D eigenvalue weighted by Gasteiger charge is -2.18. The van der Waals surface area contributed by atoms with Gasteiger partial charge in [-0.1, -0.05) is 6.92 Å². The highest BCUT2D eigenvalue weighted by Crippen LogP contribution is 2.23. The Kier molecular flexibility index (Phi) is 4.55. The molecule has 2 rings (SSSR count). The number of hydrogen-bond acceptors (Lipinski definition) is 6. The van der Waals surface area contributed by atoms with Gasteiger partial charge in [-0.3, -0.25) is 0 Å². The summed E-state index contributed by atoms with van der Waals surface area (Å²) >= 11 is 0. The maximum Gasteiger partial charge on any atom is 0.134 e. The first-order valence-electron chi connectivity index (χ1n) is 6.58. The van der Waals surface area contributed by atoms with Crippen LogP contribution in [0.4, 0.5) is 11.6 Å². The first kappa shape index (κ1) is 14.0. The molecule has 0 aromatic carbocycles. The van der Waals surface area contributed by atoms with Crippen molar-refractivity contribution in [3.63, 3.8) is 0 Å². The molecule has 1 fully saturated rings. The minimum absolute atomic E-state index is 0.0862. The number of nitrogens with one attached hydrogen (secondary N) is 1. The molecule has 2 heterocycles. The summed E-state index contributed by atoms with van der Waals surface area (Å²) in [5.74, 6) is 2.62. The van der Waals surface area contributed by atoms with Crippen molar-refractivity contribution in [1.82, 2.24) is 9.97 Å². The van der Waals surface area contributed by atoms with Crippen LogP contribution in [0.25, 0.3) is 0 Å². The van der Waals surface area contributed by atoms with Crippen LogP contribution < -0.4 is 10.2 Å². The summed E-state index contributed by atoms with van der Waals surface area (Å²) in [4.78, 5) is 11.2. The van der Waals surface area contributed by atoms with Crippen LogP contribution in [0.1, 0.15) is 12.7 Å². The zero-order chi connectivity index (χ0) is 13.8. The quantitative estimate of drug-likeness (QED) is 0.855. The summed E-state index contributed by atoms with van der Waals surface area (Å²) in [6.45, 7) is 3.63. The van der Waals surface area contributed by atoms with E-state index in [0.29, 0.717) is 0 Å². The summed E-state index contributed by atoms with van der Waals surface area (Å²) in [5.41, 5.74) is 0. The van der Waals surface area contributed by atoms with E-state index in [9.17, 15) is 0 Å². The van der Waals surface area contributed by atoms with Gasteiger partial charge in [0.2, 0.25) is 0 Å². The Morgan fingerprint density at radius 3 is 2.37 bits per heavy atom. The van der Waals surface area contributed by atoms with Crippen LogP contribution in [-0.2, 0) is 15.9 Å². The predicted octanol–water partition coefficient (Wildman–Crippen LogP) is 0.931. The monoisotopic (exact) mass is 266 g/mol. The molecule has 19 heavy (non-hydrogen) atoms. The third-order valence-corrected chi connectivity index (χ3v) is 3.48. The fourth-order valence-electron chi connectivity index (χ4n) is 2.32. The third kappa shape index (κ3) is 2.96. The van der Waals surface area contributed by atoms with E-state index in [-0.39, 0.29) is 12.2 Å². The van der Waals surface area contributed by atoms with Crippen molar-refractivity contribution in [3.8, 4) is 0 Å². The lowest BCUT2D eigenvalue weighted by Crippen LogP contribution is -2.27. The van der Waals surface area contributed by atoms with Gasteiger partial charge in [0.25, 0.3) is 0 Å². The number of nitrogens with zero attached hydrogens (tertiary/aromatic N) is 3. The third-order valence-electron chi connectivity index (χ3n) is 3.48. The molecule has 106 valence electrons. The van der Waals surface area contributed by atoms with Crippen molar-refractivity contribution < 1.29 is 9.47 Å². The number of hydrogen-bond donors (Lipinski definition) is 1. The number of anilines is 2. The van der Waals surface area contributed by atoms with Gasteiger partial charge in [0.15, 0.2) is 0 Å². The zero-order valence-electron chi connectivity index (χ0n) is 12.0. The maximum atomic E-state index is 5.45. The summed E-state index contributed by atoms with van der Waals surface area (Å²) in [6.07, 6.45) is 0.990. The van der Waals surface area contributed by atoms with E-state index in [1.165, 1.54) is 0 Å². The van der Waals surface area contributed by atoms with Crippen molar-refractivity contribution in [2.75, 3.05) is 44.6 Å². The average molecular weight is 266 g/mol. The fourth-order valence-corrected chi connectivity index (χ4v) is 2.32. The molecule has 0 saturated carbocycles. The molecular formula is C13H22N4O2. The van der Waals surface area contributed by atoms with Crippen LogP contribution in [0.2, 0.25) is 0 Å². The summed E-state index contributed by atoms with van der Waals surface area (Å²) in [5, 5.41) is 3.08. The summed E-state index contributed by atoms with van der Waals surface area (Å²) < 4.78 is 10.9. The topological polar surface area (TPSA) is 59.5 Å². The SMILES string of the molecule is CCc1nc(NC)cc(N2CC(OC)C(OC)C2)n1.